The van der Waals surface area contributed by atoms with Crippen LogP contribution in [-0.4, -0.2) is 52.4 Å². The first kappa shape index (κ1) is 21.0. The second-order valence-electron chi connectivity index (χ2n) is 7.52. The van der Waals surface area contributed by atoms with Crippen molar-refractivity contribution in [3.05, 3.63) is 53.4 Å². The molecule has 0 spiro atoms. The Morgan fingerprint density at radius 3 is 2.64 bits per heavy atom. The van der Waals surface area contributed by atoms with E-state index >= 15 is 0 Å². The van der Waals surface area contributed by atoms with Gasteiger partial charge in [-0.25, -0.2) is 8.42 Å². The van der Waals surface area contributed by atoms with Crippen molar-refractivity contribution in [2.24, 2.45) is 5.92 Å². The van der Waals surface area contributed by atoms with E-state index in [-0.39, 0.29) is 24.4 Å². The van der Waals surface area contributed by atoms with Crippen LogP contribution in [0.3, 0.4) is 0 Å². The van der Waals surface area contributed by atoms with Crippen molar-refractivity contribution in [2.75, 3.05) is 33.7 Å². The van der Waals surface area contributed by atoms with Gasteiger partial charge < -0.3 is 10.2 Å². The SMILES string of the molecule is C[NH+](C)C[C@H](NC(=O)[C@@H]1CCCN(S(=O)(=O)c2cccs2)C1)c1ccccc1. The second kappa shape index (κ2) is 9.17. The molecular weight excluding hydrogens is 394 g/mol. The number of amides is 1. The van der Waals surface area contributed by atoms with Gasteiger partial charge in [0.2, 0.25) is 5.91 Å². The molecule has 1 aromatic carbocycles. The van der Waals surface area contributed by atoms with Crippen molar-refractivity contribution in [1.29, 1.82) is 0 Å². The van der Waals surface area contributed by atoms with E-state index in [0.717, 1.165) is 12.1 Å². The third-order valence-corrected chi connectivity index (χ3v) is 8.21. The number of hydrogen-bond acceptors (Lipinski definition) is 4. The summed E-state index contributed by atoms with van der Waals surface area (Å²) in [6.07, 6.45) is 1.40. The molecule has 2 N–H and O–H groups in total. The summed E-state index contributed by atoms with van der Waals surface area (Å²) in [5.41, 5.74) is 1.07. The van der Waals surface area contributed by atoms with Gasteiger partial charge in [0.25, 0.3) is 10.0 Å². The highest BCUT2D eigenvalue weighted by Crippen LogP contribution is 2.27. The van der Waals surface area contributed by atoms with Crippen LogP contribution in [0.4, 0.5) is 0 Å². The van der Waals surface area contributed by atoms with Gasteiger partial charge in [0.1, 0.15) is 16.8 Å². The normalized spacial score (nSPS) is 19.5. The fourth-order valence-corrected chi connectivity index (χ4v) is 6.22. The number of nitrogens with zero attached hydrogens (tertiary/aromatic N) is 1. The van der Waals surface area contributed by atoms with Gasteiger partial charge >= 0.3 is 0 Å². The highest BCUT2D eigenvalue weighted by molar-refractivity contribution is 7.91. The summed E-state index contributed by atoms with van der Waals surface area (Å²) in [4.78, 5) is 14.2. The summed E-state index contributed by atoms with van der Waals surface area (Å²) in [6, 6.07) is 13.2. The van der Waals surface area contributed by atoms with E-state index in [1.54, 1.807) is 17.5 Å². The number of thiophene rings is 1. The molecule has 2 aromatic rings. The third kappa shape index (κ3) is 5.00. The van der Waals surface area contributed by atoms with E-state index in [9.17, 15) is 13.2 Å². The Kier molecular flexibility index (Phi) is 6.87. The first-order valence-electron chi connectivity index (χ1n) is 9.56. The number of benzene rings is 1. The van der Waals surface area contributed by atoms with Crippen LogP contribution in [0, 0.1) is 5.92 Å². The lowest BCUT2D eigenvalue weighted by Crippen LogP contribution is -3.06. The van der Waals surface area contributed by atoms with Crippen molar-refractivity contribution in [3.8, 4) is 0 Å². The zero-order valence-electron chi connectivity index (χ0n) is 16.3. The quantitative estimate of drug-likeness (QED) is 0.703. The van der Waals surface area contributed by atoms with Gasteiger partial charge in [-0.3, -0.25) is 4.79 Å². The molecule has 1 fully saturated rings. The molecule has 3 rings (SSSR count). The number of likely N-dealkylation sites (N-methyl/N-ethyl adjacent to an activating group) is 1. The maximum absolute atomic E-state index is 13.0. The van der Waals surface area contributed by atoms with Gasteiger partial charge in [-0.05, 0) is 29.9 Å². The van der Waals surface area contributed by atoms with Gasteiger partial charge in [-0.2, -0.15) is 4.31 Å². The lowest BCUT2D eigenvalue weighted by Gasteiger charge is -2.32. The van der Waals surface area contributed by atoms with Crippen molar-refractivity contribution in [3.63, 3.8) is 0 Å². The number of sulfonamides is 1. The molecule has 0 saturated carbocycles. The molecule has 1 aromatic heterocycles. The zero-order valence-corrected chi connectivity index (χ0v) is 17.9. The molecule has 2 heterocycles. The summed E-state index contributed by atoms with van der Waals surface area (Å²) in [5, 5.41) is 4.92. The Morgan fingerprint density at radius 2 is 2.00 bits per heavy atom. The minimum Gasteiger partial charge on any atom is -0.343 e. The van der Waals surface area contributed by atoms with E-state index < -0.39 is 10.0 Å². The van der Waals surface area contributed by atoms with Gasteiger partial charge in [0, 0.05) is 13.1 Å². The van der Waals surface area contributed by atoms with Crippen molar-refractivity contribution < 1.29 is 18.1 Å². The highest BCUT2D eigenvalue weighted by atomic mass is 32.2. The minimum atomic E-state index is -3.52. The monoisotopic (exact) mass is 422 g/mol. The van der Waals surface area contributed by atoms with Crippen LogP contribution in [0.2, 0.25) is 0 Å². The summed E-state index contributed by atoms with van der Waals surface area (Å²) in [6.45, 7) is 1.47. The average molecular weight is 423 g/mol. The lowest BCUT2D eigenvalue weighted by atomic mass is 9.97. The molecule has 8 heteroatoms. The summed E-state index contributed by atoms with van der Waals surface area (Å²) in [7, 11) is 0.590. The molecule has 1 aliphatic rings. The predicted molar refractivity (Wildman–Crippen MR) is 111 cm³/mol. The van der Waals surface area contributed by atoms with E-state index in [1.165, 1.54) is 20.5 Å². The number of carbonyl (C=O) groups excluding carboxylic acids is 1. The molecular formula is C20H28N3O3S2+. The Balaban J connectivity index is 1.70. The molecule has 0 bridgehead atoms. The molecule has 0 radical (unpaired) electrons. The van der Waals surface area contributed by atoms with Gasteiger partial charge in [-0.1, -0.05) is 36.4 Å². The number of hydrogen-bond donors (Lipinski definition) is 2. The number of quaternary nitrogens is 1. The lowest BCUT2D eigenvalue weighted by molar-refractivity contribution is -0.860. The summed E-state index contributed by atoms with van der Waals surface area (Å²) in [5.74, 6) is -0.395. The maximum atomic E-state index is 13.0. The average Bonchev–Trinajstić information content (AvgIpc) is 3.23. The predicted octanol–water partition coefficient (Wildman–Crippen LogP) is 1.15. The number of carbonyl (C=O) groups is 1. The fourth-order valence-electron chi connectivity index (χ4n) is 3.55. The number of nitrogens with one attached hydrogen (secondary N) is 2. The molecule has 152 valence electrons. The van der Waals surface area contributed by atoms with Crippen molar-refractivity contribution in [1.82, 2.24) is 9.62 Å². The number of rotatable bonds is 7. The van der Waals surface area contributed by atoms with Crippen LogP contribution < -0.4 is 10.2 Å². The minimum absolute atomic E-state index is 0.0683. The van der Waals surface area contributed by atoms with Crippen LogP contribution >= 0.6 is 11.3 Å². The van der Waals surface area contributed by atoms with Crippen LogP contribution in [0.1, 0.15) is 24.4 Å². The Hall–Kier alpha value is -1.74. The first-order chi connectivity index (χ1) is 13.4. The fraction of sp³-hybridized carbons (Fsp3) is 0.450. The zero-order chi connectivity index (χ0) is 20.1. The third-order valence-electron chi connectivity index (χ3n) is 4.97. The second-order valence-corrected chi connectivity index (χ2v) is 10.6. The molecule has 0 unspecified atom stereocenters. The molecule has 1 amide bonds. The van der Waals surface area contributed by atoms with Crippen LogP contribution in [-0.2, 0) is 14.8 Å². The Labute approximate surface area is 171 Å². The summed E-state index contributed by atoms with van der Waals surface area (Å²) < 4.78 is 27.4. The van der Waals surface area contributed by atoms with E-state index in [1.807, 2.05) is 30.3 Å². The molecule has 0 aliphatic carbocycles. The smallest absolute Gasteiger partial charge is 0.252 e. The molecule has 28 heavy (non-hydrogen) atoms. The van der Waals surface area contributed by atoms with Crippen molar-refractivity contribution in [2.45, 2.75) is 23.1 Å². The van der Waals surface area contributed by atoms with E-state index in [0.29, 0.717) is 23.6 Å². The standard InChI is InChI=1S/C20H27N3O3S2/c1-22(2)15-18(16-8-4-3-5-9-16)21-20(24)17-10-6-12-23(14-17)28(25,26)19-11-7-13-27-19/h3-5,7-9,11,13,17-18H,6,10,12,14-15H2,1-2H3,(H,21,24)/p+1/t17-,18+/m1/s1. The maximum Gasteiger partial charge on any atom is 0.252 e. The Morgan fingerprint density at radius 1 is 1.25 bits per heavy atom. The molecule has 1 aliphatic heterocycles. The topological polar surface area (TPSA) is 70.9 Å². The molecule has 2 atom stereocenters. The van der Waals surface area contributed by atoms with Crippen LogP contribution in [0.25, 0.3) is 0 Å². The van der Waals surface area contributed by atoms with Gasteiger partial charge in [0.05, 0.1) is 20.0 Å². The molecule has 6 nitrogen and oxygen atoms in total. The van der Waals surface area contributed by atoms with E-state index in [2.05, 4.69) is 19.4 Å². The van der Waals surface area contributed by atoms with Gasteiger partial charge in [0.15, 0.2) is 0 Å². The summed E-state index contributed by atoms with van der Waals surface area (Å²) >= 11 is 1.21. The number of piperidine rings is 1. The van der Waals surface area contributed by atoms with Gasteiger partial charge in [-0.15, -0.1) is 11.3 Å². The first-order valence-corrected chi connectivity index (χ1v) is 11.9. The largest absolute Gasteiger partial charge is 0.343 e. The van der Waals surface area contributed by atoms with Crippen molar-refractivity contribution >= 4 is 27.3 Å². The highest BCUT2D eigenvalue weighted by Gasteiger charge is 2.34. The van der Waals surface area contributed by atoms with E-state index in [4.69, 9.17) is 0 Å². The van der Waals surface area contributed by atoms with Crippen LogP contribution in [0.5, 0.6) is 0 Å². The Bertz CT molecular complexity index is 867. The molecule has 1 saturated heterocycles. The van der Waals surface area contributed by atoms with Crippen LogP contribution in [0.15, 0.2) is 52.1 Å².